The molecule has 0 radical (unpaired) electrons. The second-order valence-corrected chi connectivity index (χ2v) is 5.30. The van der Waals surface area contributed by atoms with Crippen molar-refractivity contribution in [1.29, 1.82) is 0 Å². The van der Waals surface area contributed by atoms with Gasteiger partial charge in [-0.3, -0.25) is 4.79 Å². The van der Waals surface area contributed by atoms with E-state index in [0.717, 1.165) is 0 Å². The van der Waals surface area contributed by atoms with E-state index in [1.54, 1.807) is 33.0 Å². The fourth-order valence-corrected chi connectivity index (χ4v) is 1.85. The zero-order valence-corrected chi connectivity index (χ0v) is 11.8. The van der Waals surface area contributed by atoms with E-state index in [9.17, 15) is 9.59 Å². The fourth-order valence-electron chi connectivity index (χ4n) is 1.85. The van der Waals surface area contributed by atoms with E-state index in [2.05, 4.69) is 5.32 Å². The van der Waals surface area contributed by atoms with Crippen LogP contribution in [-0.2, 0) is 14.3 Å². The van der Waals surface area contributed by atoms with Gasteiger partial charge in [-0.15, -0.1) is 0 Å². The second kappa shape index (κ2) is 6.21. The third kappa shape index (κ3) is 3.81. The van der Waals surface area contributed by atoms with E-state index in [1.165, 1.54) is 0 Å². The first-order chi connectivity index (χ1) is 8.81. The number of hydrogen-bond donors (Lipinski definition) is 2. The van der Waals surface area contributed by atoms with Crippen LogP contribution >= 0.6 is 0 Å². The Morgan fingerprint density at radius 2 is 1.74 bits per heavy atom. The molecule has 2 amide bonds. The summed E-state index contributed by atoms with van der Waals surface area (Å²) in [5, 5.41) is 11.6. The predicted octanol–water partition coefficient (Wildman–Crippen LogP) is 0.152. The number of urea groups is 1. The summed E-state index contributed by atoms with van der Waals surface area (Å²) in [6.07, 6.45) is -0.300. The van der Waals surface area contributed by atoms with Crippen LogP contribution in [0.2, 0.25) is 0 Å². The number of nitrogens with zero attached hydrogens (tertiary/aromatic N) is 1. The number of nitrogens with one attached hydrogen (secondary N) is 1. The third-order valence-electron chi connectivity index (χ3n) is 3.37. The molecule has 0 saturated carbocycles. The Bertz CT molecular complexity index is 333. The van der Waals surface area contributed by atoms with Crippen LogP contribution in [0.15, 0.2) is 0 Å². The lowest BCUT2D eigenvalue weighted by molar-refractivity contribution is -0.146. The van der Waals surface area contributed by atoms with Crippen LogP contribution in [0.5, 0.6) is 0 Å². The Balaban J connectivity index is 2.50. The number of methoxy groups -OCH3 is 2. The number of aliphatic carboxylic acids is 1. The maximum absolute atomic E-state index is 11.9. The van der Waals surface area contributed by atoms with Gasteiger partial charge < -0.3 is 24.8 Å². The van der Waals surface area contributed by atoms with Crippen LogP contribution in [0, 0.1) is 5.41 Å². The summed E-state index contributed by atoms with van der Waals surface area (Å²) < 4.78 is 10.5. The Morgan fingerprint density at radius 3 is 2.11 bits per heavy atom. The van der Waals surface area contributed by atoms with Crippen molar-refractivity contribution >= 4 is 12.0 Å². The average Bonchev–Trinajstić information content (AvgIpc) is 2.79. The summed E-state index contributed by atoms with van der Waals surface area (Å²) in [6.45, 7) is 4.08. The van der Waals surface area contributed by atoms with E-state index in [0.29, 0.717) is 13.1 Å². The number of hydrogen-bond acceptors (Lipinski definition) is 4. The monoisotopic (exact) mass is 274 g/mol. The molecule has 0 aliphatic carbocycles. The first-order valence-electron chi connectivity index (χ1n) is 6.13. The van der Waals surface area contributed by atoms with Crippen LogP contribution in [-0.4, -0.2) is 68.1 Å². The molecular weight excluding hydrogens is 252 g/mol. The molecule has 0 aromatic heterocycles. The van der Waals surface area contributed by atoms with E-state index >= 15 is 0 Å². The number of amides is 2. The molecule has 2 unspecified atom stereocenters. The molecule has 7 heteroatoms. The van der Waals surface area contributed by atoms with Gasteiger partial charge in [0.1, 0.15) is 12.2 Å². The van der Waals surface area contributed by atoms with Gasteiger partial charge in [0.25, 0.3) is 0 Å². The Kier molecular flexibility index (Phi) is 5.13. The maximum Gasteiger partial charge on any atom is 0.317 e. The highest BCUT2D eigenvalue weighted by atomic mass is 16.5. The summed E-state index contributed by atoms with van der Waals surface area (Å²) in [5.74, 6) is -0.946. The first-order valence-corrected chi connectivity index (χ1v) is 6.13. The highest BCUT2D eigenvalue weighted by Crippen LogP contribution is 2.17. The number of likely N-dealkylation sites (tertiary alicyclic amines) is 1. The molecule has 1 heterocycles. The molecule has 1 aliphatic rings. The van der Waals surface area contributed by atoms with Crippen molar-refractivity contribution in [2.24, 2.45) is 5.41 Å². The van der Waals surface area contributed by atoms with Crippen molar-refractivity contribution in [3.05, 3.63) is 0 Å². The predicted molar refractivity (Wildman–Crippen MR) is 68.0 cm³/mol. The molecule has 110 valence electrons. The zero-order chi connectivity index (χ0) is 14.6. The second-order valence-electron chi connectivity index (χ2n) is 5.30. The van der Waals surface area contributed by atoms with Crippen molar-refractivity contribution < 1.29 is 24.2 Å². The molecule has 2 atom stereocenters. The topological polar surface area (TPSA) is 88.1 Å². The minimum Gasteiger partial charge on any atom is -0.481 e. The van der Waals surface area contributed by atoms with E-state index in [1.807, 2.05) is 0 Å². The van der Waals surface area contributed by atoms with Crippen molar-refractivity contribution in [1.82, 2.24) is 10.2 Å². The van der Waals surface area contributed by atoms with Gasteiger partial charge in [-0.05, 0) is 13.8 Å². The fraction of sp³-hybridized carbons (Fsp3) is 0.833. The average molecular weight is 274 g/mol. The molecule has 1 saturated heterocycles. The van der Waals surface area contributed by atoms with Crippen LogP contribution in [0.1, 0.15) is 13.8 Å². The van der Waals surface area contributed by atoms with Crippen molar-refractivity contribution in [3.63, 3.8) is 0 Å². The van der Waals surface area contributed by atoms with Crippen LogP contribution in [0.3, 0.4) is 0 Å². The quantitative estimate of drug-likeness (QED) is 0.745. The number of carbonyl (C=O) groups is 2. The molecule has 19 heavy (non-hydrogen) atoms. The Morgan fingerprint density at radius 1 is 1.26 bits per heavy atom. The number of carbonyl (C=O) groups excluding carboxylic acids is 1. The largest absolute Gasteiger partial charge is 0.481 e. The van der Waals surface area contributed by atoms with Gasteiger partial charge >= 0.3 is 12.0 Å². The van der Waals surface area contributed by atoms with E-state index in [-0.39, 0.29) is 24.8 Å². The highest BCUT2D eigenvalue weighted by Gasteiger charge is 2.36. The standard InChI is InChI=1S/C12H22N2O5/c1-12(2,10(15)16)7-13-11(17)14-5-8(18-3)9(6-14)19-4/h8-9H,5-7H2,1-4H3,(H,13,17)(H,15,16). The summed E-state index contributed by atoms with van der Waals surface area (Å²) in [6, 6.07) is -0.295. The Labute approximate surface area is 112 Å². The van der Waals surface area contributed by atoms with Crippen molar-refractivity contribution in [2.45, 2.75) is 26.1 Å². The summed E-state index contributed by atoms with van der Waals surface area (Å²) >= 11 is 0. The summed E-state index contributed by atoms with van der Waals surface area (Å²) in [5.41, 5.74) is -0.989. The molecule has 0 spiro atoms. The molecule has 0 aromatic carbocycles. The SMILES string of the molecule is COC1CN(C(=O)NCC(C)(C)C(=O)O)CC1OC. The number of rotatable bonds is 5. The molecule has 0 bridgehead atoms. The zero-order valence-electron chi connectivity index (χ0n) is 11.8. The van der Waals surface area contributed by atoms with Crippen LogP contribution in [0.4, 0.5) is 4.79 Å². The molecule has 1 rings (SSSR count). The molecule has 1 fully saturated rings. The van der Waals surface area contributed by atoms with Gasteiger partial charge in [-0.1, -0.05) is 0 Å². The lowest BCUT2D eigenvalue weighted by Crippen LogP contribution is -2.45. The summed E-state index contributed by atoms with van der Waals surface area (Å²) in [7, 11) is 3.15. The Hall–Kier alpha value is -1.34. The number of ether oxygens (including phenoxy) is 2. The molecule has 1 aliphatic heterocycles. The minimum atomic E-state index is -0.989. The smallest absolute Gasteiger partial charge is 0.317 e. The molecule has 2 N–H and O–H groups in total. The molecular formula is C12H22N2O5. The third-order valence-corrected chi connectivity index (χ3v) is 3.37. The van der Waals surface area contributed by atoms with E-state index < -0.39 is 11.4 Å². The maximum atomic E-state index is 11.9. The van der Waals surface area contributed by atoms with Crippen LogP contribution in [0.25, 0.3) is 0 Å². The van der Waals surface area contributed by atoms with Gasteiger partial charge in [0, 0.05) is 20.8 Å². The van der Waals surface area contributed by atoms with Gasteiger partial charge in [-0.2, -0.15) is 0 Å². The van der Waals surface area contributed by atoms with Gasteiger partial charge in [0.05, 0.1) is 18.5 Å². The number of carboxylic acid groups (broad SMARTS) is 1. The normalized spacial score (nSPS) is 23.5. The van der Waals surface area contributed by atoms with Gasteiger partial charge in [0.2, 0.25) is 0 Å². The lowest BCUT2D eigenvalue weighted by atomic mass is 9.94. The van der Waals surface area contributed by atoms with Crippen LogP contribution < -0.4 is 5.32 Å². The lowest BCUT2D eigenvalue weighted by Gasteiger charge is -2.22. The van der Waals surface area contributed by atoms with E-state index in [4.69, 9.17) is 14.6 Å². The molecule has 7 nitrogen and oxygen atoms in total. The molecule has 0 aromatic rings. The first kappa shape index (κ1) is 15.7. The van der Waals surface area contributed by atoms with Gasteiger partial charge in [0.15, 0.2) is 0 Å². The van der Waals surface area contributed by atoms with Crippen molar-refractivity contribution in [3.8, 4) is 0 Å². The highest BCUT2D eigenvalue weighted by molar-refractivity contribution is 5.77. The minimum absolute atomic E-state index is 0.0764. The summed E-state index contributed by atoms with van der Waals surface area (Å²) in [4.78, 5) is 24.5. The van der Waals surface area contributed by atoms with Gasteiger partial charge in [-0.25, -0.2) is 4.79 Å². The number of carboxylic acids is 1. The van der Waals surface area contributed by atoms with Crippen molar-refractivity contribution in [2.75, 3.05) is 33.9 Å².